The Bertz CT molecular complexity index is 892. The number of fused-ring (bicyclic) bond motifs is 5. The molecule has 2 aromatic carbocycles. The first-order valence-electron chi connectivity index (χ1n) is 11.8. The Kier molecular flexibility index (Phi) is 5.26. The molecule has 0 amide bonds. The number of phenolic OH excluding ortho intramolecular Hbond substituents is 1. The molecule has 0 spiro atoms. The van der Waals surface area contributed by atoms with Gasteiger partial charge in [-0.2, -0.15) is 0 Å². The molecular weight excluding hydrogens is 370 g/mol. The summed E-state index contributed by atoms with van der Waals surface area (Å²) in [5.41, 5.74) is 4.86. The third-order valence-corrected chi connectivity index (χ3v) is 8.67. The minimum Gasteiger partial charge on any atom is -0.508 e. The summed E-state index contributed by atoms with van der Waals surface area (Å²) in [6, 6.07) is 15.1. The van der Waals surface area contributed by atoms with E-state index in [0.717, 1.165) is 36.5 Å². The highest BCUT2D eigenvalue weighted by atomic mass is 16.5. The largest absolute Gasteiger partial charge is 0.508 e. The Morgan fingerprint density at radius 2 is 1.90 bits per heavy atom. The molecule has 3 aliphatic carbocycles. The summed E-state index contributed by atoms with van der Waals surface area (Å²) < 4.78 is 5.47. The molecule has 0 aromatic heterocycles. The molecule has 5 atom stereocenters. The van der Waals surface area contributed by atoms with E-state index in [-0.39, 0.29) is 0 Å². The number of nitrogens with one attached hydrogen (secondary N) is 1. The molecular formula is C27H35NO2. The van der Waals surface area contributed by atoms with Gasteiger partial charge in [-0.1, -0.05) is 25.1 Å². The third kappa shape index (κ3) is 3.41. The van der Waals surface area contributed by atoms with Crippen LogP contribution in [0, 0.1) is 17.3 Å². The van der Waals surface area contributed by atoms with E-state index in [9.17, 15) is 5.11 Å². The molecule has 2 saturated carbocycles. The van der Waals surface area contributed by atoms with E-state index in [1.165, 1.54) is 49.7 Å². The fraction of sp³-hybridized carbons (Fsp3) is 0.556. The van der Waals surface area contributed by atoms with Crippen LogP contribution < -0.4 is 10.1 Å². The van der Waals surface area contributed by atoms with Gasteiger partial charge in [-0.05, 0) is 116 Å². The second-order valence-electron chi connectivity index (χ2n) is 10.0. The Labute approximate surface area is 180 Å². The van der Waals surface area contributed by atoms with E-state index >= 15 is 0 Å². The molecule has 0 saturated heterocycles. The van der Waals surface area contributed by atoms with Crippen LogP contribution in [0.4, 0.5) is 0 Å². The second kappa shape index (κ2) is 7.92. The van der Waals surface area contributed by atoms with E-state index in [1.54, 1.807) is 24.8 Å². The van der Waals surface area contributed by atoms with Crippen molar-refractivity contribution >= 4 is 0 Å². The van der Waals surface area contributed by atoms with Crippen LogP contribution in [0.2, 0.25) is 0 Å². The smallest absolute Gasteiger partial charge is 0.119 e. The Morgan fingerprint density at radius 3 is 2.70 bits per heavy atom. The molecule has 160 valence electrons. The molecule has 3 heteroatoms. The van der Waals surface area contributed by atoms with Crippen molar-refractivity contribution in [3.8, 4) is 11.5 Å². The molecule has 2 N–H and O–H groups in total. The highest BCUT2D eigenvalue weighted by Gasteiger charge is 2.54. The standard InChI is InChI=1S/C27H35NO2/c1-27-15-13-23-22-10-8-21(30-2)17-19(22)5-9-24(23)25(27)11-12-26(27)28-16-14-18-3-6-20(29)7-4-18/h3-4,6-8,10,17,23-26,28-29H,5,9,11-16H2,1-2H3/t23-,24-,25+,26+,27+/m1/s1. The summed E-state index contributed by atoms with van der Waals surface area (Å²) in [6.45, 7) is 3.59. The number of aryl methyl sites for hydroxylation is 1. The van der Waals surface area contributed by atoms with Crippen molar-refractivity contribution in [3.05, 3.63) is 59.2 Å². The molecule has 0 aliphatic heterocycles. The Hall–Kier alpha value is -2.00. The van der Waals surface area contributed by atoms with Gasteiger partial charge in [-0.3, -0.25) is 0 Å². The van der Waals surface area contributed by atoms with Gasteiger partial charge in [0.1, 0.15) is 11.5 Å². The second-order valence-corrected chi connectivity index (χ2v) is 10.0. The number of hydrogen-bond acceptors (Lipinski definition) is 3. The van der Waals surface area contributed by atoms with Crippen LogP contribution in [0.3, 0.4) is 0 Å². The molecule has 2 aromatic rings. The lowest BCUT2D eigenvalue weighted by molar-refractivity contribution is 0.0414. The van der Waals surface area contributed by atoms with Crippen LogP contribution in [0.25, 0.3) is 0 Å². The van der Waals surface area contributed by atoms with Gasteiger partial charge in [0.25, 0.3) is 0 Å². The first-order chi connectivity index (χ1) is 14.6. The summed E-state index contributed by atoms with van der Waals surface area (Å²) >= 11 is 0. The minimum atomic E-state index is 0.349. The maximum Gasteiger partial charge on any atom is 0.119 e. The van der Waals surface area contributed by atoms with Crippen molar-refractivity contribution in [2.24, 2.45) is 17.3 Å². The maximum atomic E-state index is 9.48. The summed E-state index contributed by atoms with van der Waals surface area (Å²) in [5.74, 6) is 3.79. The predicted octanol–water partition coefficient (Wildman–Crippen LogP) is 5.46. The number of benzene rings is 2. The third-order valence-electron chi connectivity index (χ3n) is 8.67. The van der Waals surface area contributed by atoms with Gasteiger partial charge >= 0.3 is 0 Å². The first kappa shape index (κ1) is 19.9. The van der Waals surface area contributed by atoms with Crippen LogP contribution in [-0.2, 0) is 12.8 Å². The molecule has 30 heavy (non-hydrogen) atoms. The van der Waals surface area contributed by atoms with Crippen LogP contribution in [0.5, 0.6) is 11.5 Å². The maximum absolute atomic E-state index is 9.48. The van der Waals surface area contributed by atoms with E-state index in [2.05, 4.69) is 30.4 Å². The normalized spacial score (nSPS) is 32.2. The summed E-state index contributed by atoms with van der Waals surface area (Å²) in [7, 11) is 1.77. The average molecular weight is 406 g/mol. The van der Waals surface area contributed by atoms with Gasteiger partial charge in [-0.15, -0.1) is 0 Å². The lowest BCUT2D eigenvalue weighted by Gasteiger charge is -2.51. The van der Waals surface area contributed by atoms with Crippen LogP contribution >= 0.6 is 0 Å². The van der Waals surface area contributed by atoms with Crippen LogP contribution in [0.1, 0.15) is 61.6 Å². The van der Waals surface area contributed by atoms with E-state index in [1.807, 2.05) is 12.1 Å². The number of hydrogen-bond donors (Lipinski definition) is 2. The molecule has 0 heterocycles. The zero-order valence-electron chi connectivity index (χ0n) is 18.4. The number of ether oxygens (including phenoxy) is 1. The van der Waals surface area contributed by atoms with Crippen molar-refractivity contribution < 1.29 is 9.84 Å². The highest BCUT2D eigenvalue weighted by molar-refractivity contribution is 5.40. The topological polar surface area (TPSA) is 41.5 Å². The molecule has 3 aliphatic rings. The average Bonchev–Trinajstić information content (AvgIpc) is 3.11. The van der Waals surface area contributed by atoms with Crippen molar-refractivity contribution in [3.63, 3.8) is 0 Å². The highest BCUT2D eigenvalue weighted by Crippen LogP contribution is 2.60. The van der Waals surface area contributed by atoms with E-state index < -0.39 is 0 Å². The van der Waals surface area contributed by atoms with Gasteiger partial charge < -0.3 is 15.2 Å². The molecule has 2 fully saturated rings. The first-order valence-corrected chi connectivity index (χ1v) is 11.8. The van der Waals surface area contributed by atoms with Gasteiger partial charge in [0.05, 0.1) is 7.11 Å². The summed E-state index contributed by atoms with van der Waals surface area (Å²) in [5, 5.41) is 13.4. The van der Waals surface area contributed by atoms with Crippen LogP contribution in [0.15, 0.2) is 42.5 Å². The molecule has 0 unspecified atom stereocenters. The van der Waals surface area contributed by atoms with Crippen LogP contribution in [-0.4, -0.2) is 24.8 Å². The molecule has 5 rings (SSSR count). The van der Waals surface area contributed by atoms with Crippen molar-refractivity contribution in [1.82, 2.24) is 5.32 Å². The number of rotatable bonds is 5. The van der Waals surface area contributed by atoms with Gasteiger partial charge in [0.2, 0.25) is 0 Å². The Balaban J connectivity index is 1.26. The number of phenols is 1. The zero-order valence-corrected chi connectivity index (χ0v) is 18.4. The zero-order chi connectivity index (χ0) is 20.7. The van der Waals surface area contributed by atoms with Crippen molar-refractivity contribution in [2.45, 2.75) is 63.8 Å². The monoisotopic (exact) mass is 405 g/mol. The van der Waals surface area contributed by atoms with E-state index in [0.29, 0.717) is 17.2 Å². The van der Waals surface area contributed by atoms with Crippen molar-refractivity contribution in [2.75, 3.05) is 13.7 Å². The van der Waals surface area contributed by atoms with E-state index in [4.69, 9.17) is 4.74 Å². The molecule has 0 radical (unpaired) electrons. The molecule has 0 bridgehead atoms. The SMILES string of the molecule is COc1ccc2c(c1)CC[C@@H]1[C@@H]2CC[C@]2(C)[C@@H](NCCc3ccc(O)cc3)CC[C@@H]12. The molecule has 3 nitrogen and oxygen atoms in total. The number of methoxy groups -OCH3 is 1. The number of aromatic hydroxyl groups is 1. The lowest BCUT2D eigenvalue weighted by atomic mass is 9.55. The minimum absolute atomic E-state index is 0.349. The fourth-order valence-electron chi connectivity index (χ4n) is 7.07. The summed E-state index contributed by atoms with van der Waals surface area (Å²) in [4.78, 5) is 0. The van der Waals surface area contributed by atoms with Crippen molar-refractivity contribution in [1.29, 1.82) is 0 Å². The van der Waals surface area contributed by atoms with Gasteiger partial charge in [0, 0.05) is 6.04 Å². The quantitative estimate of drug-likeness (QED) is 0.694. The van der Waals surface area contributed by atoms with Gasteiger partial charge in [0.15, 0.2) is 0 Å². The van der Waals surface area contributed by atoms with Gasteiger partial charge in [-0.25, -0.2) is 0 Å². The lowest BCUT2D eigenvalue weighted by Crippen LogP contribution is -2.49. The predicted molar refractivity (Wildman–Crippen MR) is 121 cm³/mol. The summed E-state index contributed by atoms with van der Waals surface area (Å²) in [6.07, 6.45) is 8.92. The Morgan fingerprint density at radius 1 is 1.07 bits per heavy atom. The fourth-order valence-corrected chi connectivity index (χ4v) is 7.07.